The molecule has 1 aromatic carbocycles. The summed E-state index contributed by atoms with van der Waals surface area (Å²) in [5, 5.41) is 32.1. The van der Waals surface area contributed by atoms with E-state index in [0.717, 1.165) is 37.1 Å². The number of benzene rings is 1. The molecular weight excluding hydrogens is 348 g/mol. The average molecular weight is 371 g/mol. The summed E-state index contributed by atoms with van der Waals surface area (Å²) in [5.74, 6) is 0.945. The van der Waals surface area contributed by atoms with Gasteiger partial charge in [-0.3, -0.25) is 0 Å². The highest BCUT2D eigenvalue weighted by atomic mass is 35.5. The number of halogens is 1. The standard InChI is InChI=1S/C16H22N4O4.ClH/c21-9-13(22)14(23)10-24-15-11-3-1-2-4-12(11)18-16(19-15)20-7-5-17-6-8-20;/h1-4,13-14,17,21-23H,5-10H2;1H. The van der Waals surface area contributed by atoms with Crippen LogP contribution in [0.4, 0.5) is 5.95 Å². The van der Waals surface area contributed by atoms with Crippen LogP contribution >= 0.6 is 12.4 Å². The molecule has 0 radical (unpaired) electrons. The van der Waals surface area contributed by atoms with Crippen LogP contribution in [0, 0.1) is 0 Å². The van der Waals surface area contributed by atoms with E-state index in [1.54, 1.807) is 0 Å². The number of aliphatic hydroxyl groups excluding tert-OH is 3. The van der Waals surface area contributed by atoms with Gasteiger partial charge in [0, 0.05) is 26.2 Å². The Labute approximate surface area is 151 Å². The summed E-state index contributed by atoms with van der Waals surface area (Å²) in [7, 11) is 0. The van der Waals surface area contributed by atoms with Crippen LogP contribution in [0.1, 0.15) is 0 Å². The van der Waals surface area contributed by atoms with E-state index >= 15 is 0 Å². The fourth-order valence-electron chi connectivity index (χ4n) is 2.55. The second kappa shape index (κ2) is 9.12. The van der Waals surface area contributed by atoms with Crippen LogP contribution in [-0.4, -0.2) is 76.9 Å². The molecule has 3 rings (SSSR count). The van der Waals surface area contributed by atoms with Gasteiger partial charge in [-0.25, -0.2) is 4.98 Å². The number of rotatable bonds is 6. The SMILES string of the molecule is Cl.OCC(O)C(O)COc1nc(N2CCNCC2)nc2ccccc12. The van der Waals surface area contributed by atoms with Crippen LogP contribution in [0.2, 0.25) is 0 Å². The van der Waals surface area contributed by atoms with Crippen molar-refractivity contribution in [3.8, 4) is 5.88 Å². The van der Waals surface area contributed by atoms with Gasteiger partial charge in [-0.2, -0.15) is 4.98 Å². The monoisotopic (exact) mass is 370 g/mol. The number of nitrogens with zero attached hydrogens (tertiary/aromatic N) is 3. The van der Waals surface area contributed by atoms with Gasteiger partial charge in [0.1, 0.15) is 18.8 Å². The molecule has 25 heavy (non-hydrogen) atoms. The third kappa shape index (κ3) is 4.68. The number of aliphatic hydroxyl groups is 3. The first-order chi connectivity index (χ1) is 11.7. The Morgan fingerprint density at radius 3 is 2.56 bits per heavy atom. The summed E-state index contributed by atoms with van der Waals surface area (Å²) < 4.78 is 5.62. The molecule has 1 fully saturated rings. The number of ether oxygens (including phenoxy) is 1. The minimum absolute atomic E-state index is 0. The number of fused-ring (bicyclic) bond motifs is 1. The molecule has 0 aliphatic carbocycles. The van der Waals surface area contributed by atoms with E-state index in [4.69, 9.17) is 9.84 Å². The lowest BCUT2D eigenvalue weighted by molar-refractivity contribution is -0.0343. The Hall–Kier alpha value is -1.71. The molecule has 1 aromatic heterocycles. The second-order valence-electron chi connectivity index (χ2n) is 5.71. The van der Waals surface area contributed by atoms with Crippen molar-refractivity contribution in [1.82, 2.24) is 15.3 Å². The molecule has 1 aliphatic heterocycles. The van der Waals surface area contributed by atoms with Crippen molar-refractivity contribution < 1.29 is 20.1 Å². The number of hydrogen-bond donors (Lipinski definition) is 4. The summed E-state index contributed by atoms with van der Waals surface area (Å²) >= 11 is 0. The first kappa shape index (κ1) is 19.6. The Morgan fingerprint density at radius 2 is 1.84 bits per heavy atom. The molecule has 2 heterocycles. The topological polar surface area (TPSA) is 111 Å². The number of nitrogens with one attached hydrogen (secondary N) is 1. The highest BCUT2D eigenvalue weighted by Crippen LogP contribution is 2.25. The molecular formula is C16H23ClN4O4. The van der Waals surface area contributed by atoms with E-state index in [-0.39, 0.29) is 19.0 Å². The molecule has 8 nitrogen and oxygen atoms in total. The van der Waals surface area contributed by atoms with E-state index < -0.39 is 18.8 Å². The highest BCUT2D eigenvalue weighted by molar-refractivity contribution is 5.85. The van der Waals surface area contributed by atoms with Gasteiger partial charge in [0.25, 0.3) is 0 Å². The maximum absolute atomic E-state index is 9.77. The maximum atomic E-state index is 9.77. The Balaban J connectivity index is 0.00000225. The average Bonchev–Trinajstić information content (AvgIpc) is 2.65. The predicted octanol–water partition coefficient (Wildman–Crippen LogP) is -0.446. The second-order valence-corrected chi connectivity index (χ2v) is 5.71. The van der Waals surface area contributed by atoms with Crippen molar-refractivity contribution in [3.05, 3.63) is 24.3 Å². The van der Waals surface area contributed by atoms with Crippen molar-refractivity contribution in [2.45, 2.75) is 12.2 Å². The summed E-state index contributed by atoms with van der Waals surface area (Å²) in [5.41, 5.74) is 0.758. The molecule has 2 unspecified atom stereocenters. The highest BCUT2D eigenvalue weighted by Gasteiger charge is 2.19. The van der Waals surface area contributed by atoms with E-state index in [2.05, 4.69) is 20.2 Å². The number of piperazine rings is 1. The number of hydrogen-bond acceptors (Lipinski definition) is 8. The molecule has 9 heteroatoms. The fraction of sp³-hybridized carbons (Fsp3) is 0.500. The molecule has 0 amide bonds. The lowest BCUT2D eigenvalue weighted by Gasteiger charge is -2.28. The van der Waals surface area contributed by atoms with Gasteiger partial charge in [-0.15, -0.1) is 12.4 Å². The van der Waals surface area contributed by atoms with Crippen LogP contribution in [0.3, 0.4) is 0 Å². The van der Waals surface area contributed by atoms with Crippen LogP contribution in [0.15, 0.2) is 24.3 Å². The lowest BCUT2D eigenvalue weighted by atomic mass is 10.2. The molecule has 2 atom stereocenters. The van der Waals surface area contributed by atoms with Gasteiger partial charge >= 0.3 is 0 Å². The first-order valence-corrected chi connectivity index (χ1v) is 8.01. The number of para-hydroxylation sites is 1. The first-order valence-electron chi connectivity index (χ1n) is 8.01. The van der Waals surface area contributed by atoms with Crippen molar-refractivity contribution in [2.24, 2.45) is 0 Å². The lowest BCUT2D eigenvalue weighted by Crippen LogP contribution is -2.44. The molecule has 1 aliphatic rings. The van der Waals surface area contributed by atoms with Gasteiger partial charge in [-0.05, 0) is 12.1 Å². The van der Waals surface area contributed by atoms with Gasteiger partial charge in [-0.1, -0.05) is 12.1 Å². The fourth-order valence-corrected chi connectivity index (χ4v) is 2.55. The van der Waals surface area contributed by atoms with Crippen LogP contribution < -0.4 is 15.0 Å². The zero-order chi connectivity index (χ0) is 16.9. The molecule has 1 saturated heterocycles. The molecule has 2 aromatic rings. The summed E-state index contributed by atoms with van der Waals surface area (Å²) in [4.78, 5) is 11.2. The van der Waals surface area contributed by atoms with Gasteiger partial charge in [0.15, 0.2) is 0 Å². The molecule has 138 valence electrons. The quantitative estimate of drug-likeness (QED) is 0.541. The summed E-state index contributed by atoms with van der Waals surface area (Å²) in [6.07, 6.45) is -2.43. The van der Waals surface area contributed by atoms with E-state index in [0.29, 0.717) is 11.8 Å². The molecule has 0 saturated carbocycles. The van der Waals surface area contributed by atoms with E-state index in [1.807, 2.05) is 24.3 Å². The molecule has 0 bridgehead atoms. The Morgan fingerprint density at radius 1 is 1.12 bits per heavy atom. The predicted molar refractivity (Wildman–Crippen MR) is 96.5 cm³/mol. The van der Waals surface area contributed by atoms with Gasteiger partial charge < -0.3 is 30.3 Å². The van der Waals surface area contributed by atoms with Crippen molar-refractivity contribution in [2.75, 3.05) is 44.3 Å². The number of anilines is 1. The zero-order valence-corrected chi connectivity index (χ0v) is 14.5. The van der Waals surface area contributed by atoms with Crippen molar-refractivity contribution in [1.29, 1.82) is 0 Å². The van der Waals surface area contributed by atoms with E-state index in [9.17, 15) is 10.2 Å². The maximum Gasteiger partial charge on any atom is 0.229 e. The molecule has 0 spiro atoms. The number of aromatic nitrogens is 2. The minimum Gasteiger partial charge on any atom is -0.474 e. The molecule has 4 N–H and O–H groups in total. The van der Waals surface area contributed by atoms with Crippen LogP contribution in [0.25, 0.3) is 10.9 Å². The van der Waals surface area contributed by atoms with Crippen molar-refractivity contribution >= 4 is 29.3 Å². The van der Waals surface area contributed by atoms with Gasteiger partial charge in [0.2, 0.25) is 11.8 Å². The van der Waals surface area contributed by atoms with Crippen molar-refractivity contribution in [3.63, 3.8) is 0 Å². The smallest absolute Gasteiger partial charge is 0.229 e. The van der Waals surface area contributed by atoms with Crippen LogP contribution in [-0.2, 0) is 0 Å². The van der Waals surface area contributed by atoms with Gasteiger partial charge in [0.05, 0.1) is 17.5 Å². The third-order valence-electron chi connectivity index (χ3n) is 3.98. The normalized spacial score (nSPS) is 17.0. The largest absolute Gasteiger partial charge is 0.474 e. The van der Waals surface area contributed by atoms with E-state index in [1.165, 1.54) is 0 Å². The third-order valence-corrected chi connectivity index (χ3v) is 3.98. The Kier molecular flexibility index (Phi) is 7.15. The minimum atomic E-state index is -1.24. The summed E-state index contributed by atoms with van der Waals surface area (Å²) in [6, 6.07) is 7.49. The summed E-state index contributed by atoms with van der Waals surface area (Å²) in [6.45, 7) is 2.67. The Bertz CT molecular complexity index is 684. The zero-order valence-electron chi connectivity index (χ0n) is 13.7. The van der Waals surface area contributed by atoms with Crippen LogP contribution in [0.5, 0.6) is 5.88 Å².